The standard InChI is InChI=1S/C34H68O4/c1-5-9-13-16-19-22-26-30-36-33(28-24-12-8-4)34(37-31-27-23-20-17-14-10-6-2)38-32-35-29-25-21-18-15-11-7-3/h5-32H2,1-4H3. The Balaban J connectivity index is 4.69. The Labute approximate surface area is 239 Å². The molecule has 0 N–H and O–H groups in total. The maximum absolute atomic E-state index is 6.31. The average Bonchev–Trinajstić information content (AvgIpc) is 2.93. The van der Waals surface area contributed by atoms with E-state index in [9.17, 15) is 0 Å². The molecule has 0 amide bonds. The summed E-state index contributed by atoms with van der Waals surface area (Å²) >= 11 is 0. The van der Waals surface area contributed by atoms with Crippen LogP contribution < -0.4 is 0 Å². The predicted molar refractivity (Wildman–Crippen MR) is 164 cm³/mol. The van der Waals surface area contributed by atoms with E-state index in [1.54, 1.807) is 0 Å². The highest BCUT2D eigenvalue weighted by Crippen LogP contribution is 2.20. The third kappa shape index (κ3) is 26.7. The van der Waals surface area contributed by atoms with Gasteiger partial charge in [-0.3, -0.25) is 0 Å². The van der Waals surface area contributed by atoms with Crippen LogP contribution in [0.15, 0.2) is 11.7 Å². The molecule has 0 heterocycles. The van der Waals surface area contributed by atoms with Crippen LogP contribution in [0.2, 0.25) is 0 Å². The quantitative estimate of drug-likeness (QED) is 0.0483. The van der Waals surface area contributed by atoms with Crippen LogP contribution in [-0.2, 0) is 18.9 Å². The van der Waals surface area contributed by atoms with Gasteiger partial charge in [-0.1, -0.05) is 150 Å². The van der Waals surface area contributed by atoms with Crippen molar-refractivity contribution in [1.29, 1.82) is 0 Å². The summed E-state index contributed by atoms with van der Waals surface area (Å²) in [6.45, 7) is 11.5. The first-order chi connectivity index (χ1) is 18.8. The van der Waals surface area contributed by atoms with Gasteiger partial charge in [0, 0.05) is 6.42 Å². The summed E-state index contributed by atoms with van der Waals surface area (Å²) in [7, 11) is 0. The van der Waals surface area contributed by atoms with E-state index in [2.05, 4.69) is 27.7 Å². The molecule has 0 spiro atoms. The van der Waals surface area contributed by atoms with Crippen molar-refractivity contribution in [2.24, 2.45) is 0 Å². The van der Waals surface area contributed by atoms with Crippen molar-refractivity contribution in [3.63, 3.8) is 0 Å². The van der Waals surface area contributed by atoms with Gasteiger partial charge in [0.05, 0.1) is 19.8 Å². The lowest BCUT2D eigenvalue weighted by atomic mass is 10.1. The Morgan fingerprint density at radius 1 is 0.368 bits per heavy atom. The summed E-state index contributed by atoms with van der Waals surface area (Å²) in [4.78, 5) is 0. The van der Waals surface area contributed by atoms with Crippen LogP contribution in [-0.4, -0.2) is 26.6 Å². The van der Waals surface area contributed by atoms with Crippen molar-refractivity contribution in [1.82, 2.24) is 0 Å². The van der Waals surface area contributed by atoms with Crippen LogP contribution >= 0.6 is 0 Å². The molecule has 38 heavy (non-hydrogen) atoms. The minimum absolute atomic E-state index is 0.249. The second kappa shape index (κ2) is 32.3. The van der Waals surface area contributed by atoms with E-state index in [-0.39, 0.29) is 6.79 Å². The molecule has 0 aromatic rings. The van der Waals surface area contributed by atoms with E-state index in [1.807, 2.05) is 0 Å². The lowest BCUT2D eigenvalue weighted by Crippen LogP contribution is -2.10. The van der Waals surface area contributed by atoms with E-state index in [4.69, 9.17) is 18.9 Å². The molecular formula is C34H68O4. The minimum Gasteiger partial charge on any atom is -0.491 e. The summed E-state index contributed by atoms with van der Waals surface area (Å²) in [5, 5.41) is 0. The van der Waals surface area contributed by atoms with Crippen molar-refractivity contribution < 1.29 is 18.9 Å². The number of unbranched alkanes of at least 4 members (excludes halogenated alkanes) is 19. The predicted octanol–water partition coefficient (Wildman–Crippen LogP) is 11.6. The van der Waals surface area contributed by atoms with Gasteiger partial charge in [-0.15, -0.1) is 0 Å². The minimum atomic E-state index is 0.249. The fraction of sp³-hybridized carbons (Fsp3) is 0.941. The van der Waals surface area contributed by atoms with Gasteiger partial charge in [-0.05, 0) is 25.7 Å². The van der Waals surface area contributed by atoms with Gasteiger partial charge in [0.2, 0.25) is 0 Å². The summed E-state index contributed by atoms with van der Waals surface area (Å²) in [5.41, 5.74) is 0. The molecule has 0 aliphatic heterocycles. The van der Waals surface area contributed by atoms with Gasteiger partial charge < -0.3 is 18.9 Å². The molecule has 0 aromatic carbocycles. The first-order valence-electron chi connectivity index (χ1n) is 17.0. The maximum Gasteiger partial charge on any atom is 0.321 e. The Kier molecular flexibility index (Phi) is 31.5. The van der Waals surface area contributed by atoms with Gasteiger partial charge in [0.25, 0.3) is 0 Å². The first-order valence-corrected chi connectivity index (χ1v) is 17.0. The van der Waals surface area contributed by atoms with Gasteiger partial charge >= 0.3 is 5.95 Å². The highest BCUT2D eigenvalue weighted by atomic mass is 16.7. The molecule has 0 saturated carbocycles. The van der Waals surface area contributed by atoms with E-state index < -0.39 is 0 Å². The monoisotopic (exact) mass is 541 g/mol. The molecular weight excluding hydrogens is 472 g/mol. The van der Waals surface area contributed by atoms with Crippen molar-refractivity contribution in [2.45, 2.75) is 182 Å². The highest BCUT2D eigenvalue weighted by Gasteiger charge is 2.13. The molecule has 0 fully saturated rings. The smallest absolute Gasteiger partial charge is 0.321 e. The van der Waals surface area contributed by atoms with Crippen LogP contribution in [0.5, 0.6) is 0 Å². The Bertz CT molecular complexity index is 477. The number of hydrogen-bond donors (Lipinski definition) is 0. The normalized spacial score (nSPS) is 12.0. The molecule has 0 aromatic heterocycles. The Morgan fingerprint density at radius 3 is 1.26 bits per heavy atom. The van der Waals surface area contributed by atoms with Crippen molar-refractivity contribution in [3.8, 4) is 0 Å². The van der Waals surface area contributed by atoms with Gasteiger partial charge in [-0.2, -0.15) is 0 Å². The lowest BCUT2D eigenvalue weighted by Gasteiger charge is -2.18. The third-order valence-corrected chi connectivity index (χ3v) is 7.16. The van der Waals surface area contributed by atoms with Crippen LogP contribution in [0.25, 0.3) is 0 Å². The van der Waals surface area contributed by atoms with Crippen molar-refractivity contribution in [2.75, 3.05) is 26.6 Å². The Morgan fingerprint density at radius 2 is 0.763 bits per heavy atom. The summed E-state index contributed by atoms with van der Waals surface area (Å²) in [6, 6.07) is 0. The lowest BCUT2D eigenvalue weighted by molar-refractivity contribution is -0.0846. The number of rotatable bonds is 32. The van der Waals surface area contributed by atoms with Crippen molar-refractivity contribution >= 4 is 0 Å². The molecule has 0 aliphatic rings. The molecule has 0 rings (SSSR count). The molecule has 0 bridgehead atoms. The number of allylic oxidation sites excluding steroid dienone is 1. The summed E-state index contributed by atoms with van der Waals surface area (Å²) in [5.74, 6) is 1.48. The largest absolute Gasteiger partial charge is 0.491 e. The maximum atomic E-state index is 6.31. The molecule has 4 nitrogen and oxygen atoms in total. The fourth-order valence-electron chi connectivity index (χ4n) is 4.59. The Hall–Kier alpha value is -0.900. The topological polar surface area (TPSA) is 36.9 Å². The number of hydrogen-bond acceptors (Lipinski definition) is 4. The third-order valence-electron chi connectivity index (χ3n) is 7.16. The molecule has 4 heteroatoms. The average molecular weight is 541 g/mol. The molecule has 228 valence electrons. The zero-order valence-electron chi connectivity index (χ0n) is 26.4. The van der Waals surface area contributed by atoms with E-state index in [1.165, 1.54) is 122 Å². The van der Waals surface area contributed by atoms with Crippen LogP contribution in [0.3, 0.4) is 0 Å². The molecule has 0 unspecified atom stereocenters. The molecule has 0 radical (unpaired) electrons. The van der Waals surface area contributed by atoms with E-state index >= 15 is 0 Å². The molecule has 0 aliphatic carbocycles. The van der Waals surface area contributed by atoms with Gasteiger partial charge in [0.15, 0.2) is 12.6 Å². The van der Waals surface area contributed by atoms with Crippen molar-refractivity contribution in [3.05, 3.63) is 11.7 Å². The molecule has 0 atom stereocenters. The second-order valence-electron chi connectivity index (χ2n) is 11.0. The van der Waals surface area contributed by atoms with Gasteiger partial charge in [0.1, 0.15) is 0 Å². The molecule has 0 saturated heterocycles. The van der Waals surface area contributed by atoms with Gasteiger partial charge in [-0.25, -0.2) is 0 Å². The van der Waals surface area contributed by atoms with Crippen LogP contribution in [0, 0.1) is 0 Å². The number of ether oxygens (including phenoxy) is 4. The fourth-order valence-corrected chi connectivity index (χ4v) is 4.59. The summed E-state index contributed by atoms with van der Waals surface area (Å²) < 4.78 is 24.4. The van der Waals surface area contributed by atoms with Crippen LogP contribution in [0.1, 0.15) is 182 Å². The summed E-state index contributed by atoms with van der Waals surface area (Å²) in [6.07, 6.45) is 29.9. The van der Waals surface area contributed by atoms with E-state index in [0.717, 1.165) is 51.1 Å². The van der Waals surface area contributed by atoms with E-state index in [0.29, 0.717) is 12.6 Å². The highest BCUT2D eigenvalue weighted by molar-refractivity contribution is 4.95. The van der Waals surface area contributed by atoms with Crippen LogP contribution in [0.4, 0.5) is 0 Å². The zero-order chi connectivity index (χ0) is 27.8. The zero-order valence-corrected chi connectivity index (χ0v) is 26.4. The second-order valence-corrected chi connectivity index (χ2v) is 11.0. The first kappa shape index (κ1) is 37.1. The SMILES string of the molecule is CCCCCCCCCOC(CCCCC)=C(OCCCCCCCCC)OCOCCCCCCCC.